The van der Waals surface area contributed by atoms with Gasteiger partial charge in [0.15, 0.2) is 18.6 Å². The number of hydrogen-bond donors (Lipinski definition) is 4. The number of carboxylic acid groups (broad SMARTS) is 1. The first kappa shape index (κ1) is 24.5. The summed E-state index contributed by atoms with van der Waals surface area (Å²) in [6, 6.07) is 11.0. The van der Waals surface area contributed by atoms with Crippen LogP contribution in [-0.2, 0) is 14.3 Å². The minimum absolute atomic E-state index is 0.148. The number of nitrogens with zero attached hydrogens (tertiary/aromatic N) is 3. The maximum Gasteiger partial charge on any atom is 0.335 e. The van der Waals surface area contributed by atoms with Crippen molar-refractivity contribution in [3.8, 4) is 5.69 Å². The van der Waals surface area contributed by atoms with E-state index in [1.807, 2.05) is 0 Å². The molecular formula is C24H21ClFN3O7. The topological polar surface area (TPSA) is 147 Å². The van der Waals surface area contributed by atoms with Gasteiger partial charge in [0.25, 0.3) is 0 Å². The average Bonchev–Trinajstić information content (AvgIpc) is 3.17. The van der Waals surface area contributed by atoms with Gasteiger partial charge in [-0.2, -0.15) is 0 Å². The number of aliphatic carboxylic acids is 1. The molecule has 0 radical (unpaired) electrons. The third-order valence-electron chi connectivity index (χ3n) is 6.12. The number of carbonyl (C=O) groups is 1. The molecule has 36 heavy (non-hydrogen) atoms. The lowest BCUT2D eigenvalue weighted by Gasteiger charge is -2.39. The van der Waals surface area contributed by atoms with Gasteiger partial charge in [0.2, 0.25) is 0 Å². The first-order valence-corrected chi connectivity index (χ1v) is 11.3. The predicted molar refractivity (Wildman–Crippen MR) is 123 cm³/mol. The minimum Gasteiger partial charge on any atom is -0.479 e. The van der Waals surface area contributed by atoms with E-state index in [-0.39, 0.29) is 11.3 Å². The molecule has 188 valence electrons. The number of rotatable bonds is 4. The minimum atomic E-state index is -1.89. The molecule has 0 spiro atoms. The maximum atomic E-state index is 15.0. The summed E-state index contributed by atoms with van der Waals surface area (Å²) >= 11 is 6.28. The first-order chi connectivity index (χ1) is 17.2. The summed E-state index contributed by atoms with van der Waals surface area (Å²) in [5.41, 5.74) is 1.76. The zero-order valence-corrected chi connectivity index (χ0v) is 19.5. The van der Waals surface area contributed by atoms with Gasteiger partial charge >= 0.3 is 5.97 Å². The van der Waals surface area contributed by atoms with E-state index in [1.54, 1.807) is 35.8 Å². The molecule has 1 aromatic heterocycles. The number of fused-ring (bicyclic) bond motifs is 3. The summed E-state index contributed by atoms with van der Waals surface area (Å²) in [4.78, 5) is 20.5. The molecule has 2 aliphatic rings. The van der Waals surface area contributed by atoms with Crippen LogP contribution in [0.25, 0.3) is 5.69 Å². The van der Waals surface area contributed by atoms with Crippen LogP contribution in [0.5, 0.6) is 0 Å². The molecule has 1 fully saturated rings. The molecule has 5 rings (SSSR count). The number of aromatic nitrogens is 2. The fourth-order valence-corrected chi connectivity index (χ4v) is 4.53. The fourth-order valence-electron chi connectivity index (χ4n) is 4.35. The highest BCUT2D eigenvalue weighted by Crippen LogP contribution is 2.36. The van der Waals surface area contributed by atoms with Crippen LogP contribution >= 0.6 is 11.6 Å². The van der Waals surface area contributed by atoms with Gasteiger partial charge in [-0.3, -0.25) is 4.57 Å². The maximum absolute atomic E-state index is 15.0. The molecule has 0 bridgehead atoms. The van der Waals surface area contributed by atoms with Crippen LogP contribution in [0.1, 0.15) is 28.9 Å². The molecule has 0 unspecified atom stereocenters. The third-order valence-corrected chi connectivity index (χ3v) is 6.36. The highest BCUT2D eigenvalue weighted by atomic mass is 35.5. The first-order valence-electron chi connectivity index (χ1n) is 10.9. The predicted octanol–water partition coefficient (Wildman–Crippen LogP) is 1.73. The van der Waals surface area contributed by atoms with E-state index in [0.717, 1.165) is 0 Å². The second-order valence-electron chi connectivity index (χ2n) is 8.41. The summed E-state index contributed by atoms with van der Waals surface area (Å²) in [5.74, 6) is -1.57. The van der Waals surface area contributed by atoms with Crippen LogP contribution in [-0.4, -0.2) is 72.4 Å². The Morgan fingerprint density at radius 3 is 2.58 bits per heavy atom. The molecule has 2 aliphatic heterocycles. The van der Waals surface area contributed by atoms with Crippen molar-refractivity contribution < 1.29 is 39.1 Å². The third kappa shape index (κ3) is 4.09. The van der Waals surface area contributed by atoms with Crippen LogP contribution in [0.15, 0.2) is 53.7 Å². The molecule has 2 aromatic carbocycles. The summed E-state index contributed by atoms with van der Waals surface area (Å²) in [7, 11) is 0. The van der Waals surface area contributed by atoms with Crippen LogP contribution < -0.4 is 0 Å². The van der Waals surface area contributed by atoms with Gasteiger partial charge in [0, 0.05) is 16.1 Å². The summed E-state index contributed by atoms with van der Waals surface area (Å²) in [5, 5.41) is 40.5. The molecule has 4 N–H and O–H groups in total. The van der Waals surface area contributed by atoms with Crippen LogP contribution in [0, 0.1) is 12.7 Å². The number of hydrogen-bond acceptors (Lipinski definition) is 8. The van der Waals surface area contributed by atoms with Crippen molar-refractivity contribution in [1.82, 2.24) is 9.55 Å². The Bertz CT molecular complexity index is 1360. The van der Waals surface area contributed by atoms with Crippen molar-refractivity contribution in [1.29, 1.82) is 0 Å². The molecule has 0 saturated carbocycles. The Morgan fingerprint density at radius 1 is 1.11 bits per heavy atom. The summed E-state index contributed by atoms with van der Waals surface area (Å²) in [6.07, 6.45) is -8.94. The van der Waals surface area contributed by atoms with E-state index < -0.39 is 48.7 Å². The standard InChI is InChI=1S/C24H21ClFN3O7/c1-10-27-9-16-22(36-24-20(32)18(30)19(31)21(35-24)23(33)34)28-17(12-4-2-3-5-14(12)26)13-8-11(25)6-7-15(13)29(10)16/h2-9,18-22,24,30-32H,1H3,(H,33,34)/t18-,19-,20+,21-,22-,24-/m1/s1. The number of imidazole rings is 1. The number of aliphatic hydroxyl groups is 3. The van der Waals surface area contributed by atoms with Crippen LogP contribution in [0.3, 0.4) is 0 Å². The van der Waals surface area contributed by atoms with E-state index in [4.69, 9.17) is 21.1 Å². The van der Waals surface area contributed by atoms with Gasteiger partial charge < -0.3 is 29.9 Å². The lowest BCUT2D eigenvalue weighted by molar-refractivity contribution is -0.305. The van der Waals surface area contributed by atoms with Crippen molar-refractivity contribution >= 4 is 23.3 Å². The highest BCUT2D eigenvalue weighted by Gasteiger charge is 2.48. The van der Waals surface area contributed by atoms with E-state index in [0.29, 0.717) is 27.8 Å². The molecule has 0 amide bonds. The van der Waals surface area contributed by atoms with Crippen molar-refractivity contribution in [2.45, 2.75) is 43.9 Å². The Kier molecular flexibility index (Phi) is 6.37. The van der Waals surface area contributed by atoms with Gasteiger partial charge in [-0.1, -0.05) is 23.7 Å². The molecule has 0 aliphatic carbocycles. The zero-order chi connectivity index (χ0) is 25.7. The molecule has 10 nitrogen and oxygen atoms in total. The van der Waals surface area contributed by atoms with Crippen LogP contribution in [0.4, 0.5) is 4.39 Å². The number of carboxylic acids is 1. The average molecular weight is 518 g/mol. The number of benzene rings is 2. The highest BCUT2D eigenvalue weighted by molar-refractivity contribution is 6.31. The zero-order valence-electron chi connectivity index (χ0n) is 18.7. The number of aliphatic hydroxyl groups excluding tert-OH is 3. The van der Waals surface area contributed by atoms with Crippen molar-refractivity contribution in [2.24, 2.45) is 4.99 Å². The second-order valence-corrected chi connectivity index (χ2v) is 8.84. The number of aliphatic imine (C=N–C) groups is 1. The van der Waals surface area contributed by atoms with Gasteiger partial charge in [0.1, 0.15) is 30.0 Å². The van der Waals surface area contributed by atoms with E-state index in [1.165, 1.54) is 24.4 Å². The Hall–Kier alpha value is -3.19. The second kappa shape index (κ2) is 9.36. The number of aryl methyl sites for hydroxylation is 1. The van der Waals surface area contributed by atoms with Crippen LogP contribution in [0.2, 0.25) is 5.02 Å². The lowest BCUT2D eigenvalue weighted by atomic mass is 9.99. The smallest absolute Gasteiger partial charge is 0.335 e. The quantitative estimate of drug-likeness (QED) is 0.409. The Balaban J connectivity index is 1.66. The molecule has 6 atom stereocenters. The summed E-state index contributed by atoms with van der Waals surface area (Å²) in [6.45, 7) is 1.74. The molecule has 3 heterocycles. The van der Waals surface area contributed by atoms with Crippen molar-refractivity contribution in [3.63, 3.8) is 0 Å². The summed E-state index contributed by atoms with van der Waals surface area (Å²) < 4.78 is 27.9. The number of ether oxygens (including phenoxy) is 2. The Labute approximate surface area is 208 Å². The van der Waals surface area contributed by atoms with E-state index in [2.05, 4.69) is 9.98 Å². The monoisotopic (exact) mass is 517 g/mol. The lowest BCUT2D eigenvalue weighted by Crippen LogP contribution is -2.60. The van der Waals surface area contributed by atoms with Gasteiger partial charge in [-0.25, -0.2) is 19.2 Å². The fraction of sp³-hybridized carbons (Fsp3) is 0.292. The Morgan fingerprint density at radius 2 is 1.86 bits per heavy atom. The van der Waals surface area contributed by atoms with Crippen molar-refractivity contribution in [2.75, 3.05) is 0 Å². The normalized spacial score (nSPS) is 27.6. The molecule has 12 heteroatoms. The SMILES string of the molecule is Cc1ncc2n1-c1ccc(Cl)cc1C(c1ccccc1F)=N[C@@H]2O[C@H]1O[C@@H](C(=O)O)[C@H](O)[C@@H](O)[C@@H]1O. The molecular weight excluding hydrogens is 497 g/mol. The van der Waals surface area contributed by atoms with Gasteiger partial charge in [-0.05, 0) is 37.3 Å². The molecule has 1 saturated heterocycles. The van der Waals surface area contributed by atoms with Gasteiger partial charge in [0.05, 0.1) is 23.3 Å². The van der Waals surface area contributed by atoms with Crippen molar-refractivity contribution in [3.05, 3.63) is 82.1 Å². The molecule has 3 aromatic rings. The van der Waals surface area contributed by atoms with E-state index in [9.17, 15) is 29.6 Å². The number of halogens is 2. The largest absolute Gasteiger partial charge is 0.479 e. The van der Waals surface area contributed by atoms with Gasteiger partial charge in [-0.15, -0.1) is 0 Å². The van der Waals surface area contributed by atoms with E-state index >= 15 is 0 Å².